The lowest BCUT2D eigenvalue weighted by atomic mass is 9.98. The molecule has 0 radical (unpaired) electrons. The highest BCUT2D eigenvalue weighted by Gasteiger charge is 2.34. The van der Waals surface area contributed by atoms with Gasteiger partial charge in [0.1, 0.15) is 0 Å². The van der Waals surface area contributed by atoms with E-state index < -0.39 is 0 Å². The van der Waals surface area contributed by atoms with Crippen LogP contribution >= 0.6 is 0 Å². The van der Waals surface area contributed by atoms with Gasteiger partial charge in [0, 0.05) is 19.1 Å². The van der Waals surface area contributed by atoms with Gasteiger partial charge >= 0.3 is 0 Å². The maximum absolute atomic E-state index is 12.5. The van der Waals surface area contributed by atoms with Gasteiger partial charge in [-0.1, -0.05) is 13.8 Å². The summed E-state index contributed by atoms with van der Waals surface area (Å²) in [6, 6.07) is 0.522. The molecule has 0 aromatic carbocycles. The molecule has 2 aliphatic heterocycles. The third-order valence-electron chi connectivity index (χ3n) is 4.29. The number of amides is 1. The van der Waals surface area contributed by atoms with Gasteiger partial charge in [-0.3, -0.25) is 4.79 Å². The van der Waals surface area contributed by atoms with Crippen molar-refractivity contribution in [3.05, 3.63) is 0 Å². The summed E-state index contributed by atoms with van der Waals surface area (Å²) in [6.45, 7) is 9.51. The Morgan fingerprint density at radius 1 is 1.22 bits per heavy atom. The number of carbonyl (C=O) groups excluding carboxylic acids is 1. The van der Waals surface area contributed by atoms with Gasteiger partial charge in [-0.05, 0) is 45.3 Å². The minimum atomic E-state index is 0.0701. The molecule has 1 N–H and O–H groups in total. The van der Waals surface area contributed by atoms with Gasteiger partial charge in [0.25, 0.3) is 0 Å². The lowest BCUT2D eigenvalue weighted by Crippen LogP contribution is -2.57. The molecule has 2 fully saturated rings. The Balaban J connectivity index is 1.96. The number of hydrogen-bond acceptors (Lipinski definition) is 3. The van der Waals surface area contributed by atoms with Crippen LogP contribution in [0.2, 0.25) is 0 Å². The van der Waals surface area contributed by atoms with Crippen molar-refractivity contribution >= 4 is 5.91 Å². The molecule has 2 rings (SSSR count). The van der Waals surface area contributed by atoms with Crippen LogP contribution < -0.4 is 5.32 Å². The van der Waals surface area contributed by atoms with E-state index in [0.717, 1.165) is 39.0 Å². The normalized spacial score (nSPS) is 30.8. The summed E-state index contributed by atoms with van der Waals surface area (Å²) in [6.07, 6.45) is 4.56. The number of carbonyl (C=O) groups is 1. The Morgan fingerprint density at radius 2 is 2.00 bits per heavy atom. The van der Waals surface area contributed by atoms with E-state index in [-0.39, 0.29) is 6.04 Å². The molecule has 0 aromatic rings. The quantitative estimate of drug-likeness (QED) is 0.814. The monoisotopic (exact) mass is 253 g/mol. The van der Waals surface area contributed by atoms with Crippen LogP contribution in [0.4, 0.5) is 0 Å². The molecule has 2 aliphatic rings. The van der Waals surface area contributed by atoms with Gasteiger partial charge in [0.05, 0.1) is 6.04 Å². The summed E-state index contributed by atoms with van der Waals surface area (Å²) < 4.78 is 0. The third-order valence-corrected chi connectivity index (χ3v) is 4.29. The van der Waals surface area contributed by atoms with Crippen LogP contribution in [0.5, 0.6) is 0 Å². The number of nitrogens with one attached hydrogen (secondary N) is 1. The Labute approximate surface area is 111 Å². The van der Waals surface area contributed by atoms with Crippen molar-refractivity contribution in [3.8, 4) is 0 Å². The first-order chi connectivity index (χ1) is 8.76. The van der Waals surface area contributed by atoms with Gasteiger partial charge < -0.3 is 15.1 Å². The minimum Gasteiger partial charge on any atom is -0.337 e. The van der Waals surface area contributed by atoms with Gasteiger partial charge in [-0.15, -0.1) is 0 Å². The molecule has 4 heteroatoms. The molecular formula is C14H27N3O. The maximum Gasteiger partial charge on any atom is 0.239 e. The van der Waals surface area contributed by atoms with Crippen LogP contribution in [0.3, 0.4) is 0 Å². The second kappa shape index (κ2) is 6.53. The second-order valence-electron chi connectivity index (χ2n) is 5.47. The van der Waals surface area contributed by atoms with Gasteiger partial charge in [-0.2, -0.15) is 0 Å². The van der Waals surface area contributed by atoms with Crippen LogP contribution in [0, 0.1) is 0 Å². The van der Waals surface area contributed by atoms with Crippen LogP contribution in [-0.2, 0) is 4.79 Å². The smallest absolute Gasteiger partial charge is 0.239 e. The van der Waals surface area contributed by atoms with Crippen LogP contribution in [0.25, 0.3) is 0 Å². The minimum absolute atomic E-state index is 0.0701. The van der Waals surface area contributed by atoms with Gasteiger partial charge in [0.2, 0.25) is 5.91 Å². The lowest BCUT2D eigenvalue weighted by Gasteiger charge is -2.42. The Bertz CT molecular complexity index is 280. The molecule has 1 amide bonds. The summed E-state index contributed by atoms with van der Waals surface area (Å²) in [7, 11) is 0. The van der Waals surface area contributed by atoms with Crippen molar-refractivity contribution in [3.63, 3.8) is 0 Å². The summed E-state index contributed by atoms with van der Waals surface area (Å²) in [5.74, 6) is 0.339. The SMILES string of the molecule is CCNC1CCCN(C2CCCN(CC)C2)C1=O. The highest BCUT2D eigenvalue weighted by molar-refractivity contribution is 5.83. The maximum atomic E-state index is 12.5. The van der Waals surface area contributed by atoms with Crippen molar-refractivity contribution in [2.45, 2.75) is 51.6 Å². The zero-order valence-corrected chi connectivity index (χ0v) is 11.8. The third kappa shape index (κ3) is 3.04. The number of likely N-dealkylation sites (N-methyl/N-ethyl adjacent to an activating group) is 2. The van der Waals surface area contributed by atoms with Crippen molar-refractivity contribution in [2.24, 2.45) is 0 Å². The first-order valence-electron chi connectivity index (χ1n) is 7.52. The molecule has 0 aliphatic carbocycles. The summed E-state index contributed by atoms with van der Waals surface area (Å²) in [4.78, 5) is 17.1. The lowest BCUT2D eigenvalue weighted by molar-refractivity contribution is -0.139. The van der Waals surface area contributed by atoms with Crippen molar-refractivity contribution in [2.75, 3.05) is 32.7 Å². The predicted molar refractivity (Wildman–Crippen MR) is 73.5 cm³/mol. The molecule has 0 bridgehead atoms. The zero-order valence-electron chi connectivity index (χ0n) is 11.8. The molecule has 18 heavy (non-hydrogen) atoms. The molecular weight excluding hydrogens is 226 g/mol. The van der Waals surface area contributed by atoms with Crippen molar-refractivity contribution in [1.29, 1.82) is 0 Å². The molecule has 2 atom stereocenters. The van der Waals surface area contributed by atoms with E-state index in [4.69, 9.17) is 0 Å². The summed E-state index contributed by atoms with van der Waals surface area (Å²) in [5.41, 5.74) is 0. The molecule has 4 nitrogen and oxygen atoms in total. The molecule has 0 spiro atoms. The fourth-order valence-electron chi connectivity index (χ4n) is 3.27. The zero-order chi connectivity index (χ0) is 13.0. The summed E-state index contributed by atoms with van der Waals surface area (Å²) >= 11 is 0. The largest absolute Gasteiger partial charge is 0.337 e. The molecule has 2 heterocycles. The molecule has 0 saturated carbocycles. The Morgan fingerprint density at radius 3 is 2.72 bits per heavy atom. The number of rotatable bonds is 4. The van der Waals surface area contributed by atoms with E-state index in [2.05, 4.69) is 29.0 Å². The van der Waals surface area contributed by atoms with Crippen LogP contribution in [0.15, 0.2) is 0 Å². The topological polar surface area (TPSA) is 35.6 Å². The van der Waals surface area contributed by atoms with E-state index in [0.29, 0.717) is 11.9 Å². The molecule has 2 saturated heterocycles. The van der Waals surface area contributed by atoms with Crippen molar-refractivity contribution < 1.29 is 4.79 Å². The number of likely N-dealkylation sites (tertiary alicyclic amines) is 2. The van der Waals surface area contributed by atoms with Gasteiger partial charge in [0.15, 0.2) is 0 Å². The average molecular weight is 253 g/mol. The standard InChI is InChI=1S/C14H27N3O/c1-3-15-13-8-6-10-17(14(13)18)12-7-5-9-16(4-2)11-12/h12-13,15H,3-11H2,1-2H3. The first kappa shape index (κ1) is 13.8. The second-order valence-corrected chi connectivity index (χ2v) is 5.47. The Kier molecular flexibility index (Phi) is 5.01. The Hall–Kier alpha value is -0.610. The predicted octanol–water partition coefficient (Wildman–Crippen LogP) is 1.07. The highest BCUT2D eigenvalue weighted by Crippen LogP contribution is 2.21. The molecule has 2 unspecified atom stereocenters. The van der Waals surface area contributed by atoms with E-state index in [9.17, 15) is 4.79 Å². The van der Waals surface area contributed by atoms with E-state index in [1.165, 1.54) is 19.4 Å². The average Bonchev–Trinajstić information content (AvgIpc) is 2.41. The fourth-order valence-corrected chi connectivity index (χ4v) is 3.27. The number of hydrogen-bond donors (Lipinski definition) is 1. The van der Waals surface area contributed by atoms with Crippen LogP contribution in [-0.4, -0.2) is 60.5 Å². The first-order valence-corrected chi connectivity index (χ1v) is 7.52. The van der Waals surface area contributed by atoms with E-state index in [1.807, 2.05) is 0 Å². The molecule has 0 aromatic heterocycles. The highest BCUT2D eigenvalue weighted by atomic mass is 16.2. The number of nitrogens with zero attached hydrogens (tertiary/aromatic N) is 2. The van der Waals surface area contributed by atoms with Crippen LogP contribution in [0.1, 0.15) is 39.5 Å². The van der Waals surface area contributed by atoms with Gasteiger partial charge in [-0.25, -0.2) is 0 Å². The number of piperidine rings is 2. The molecule has 104 valence electrons. The van der Waals surface area contributed by atoms with E-state index >= 15 is 0 Å². The fraction of sp³-hybridized carbons (Fsp3) is 0.929. The van der Waals surface area contributed by atoms with Crippen molar-refractivity contribution in [1.82, 2.24) is 15.1 Å². The summed E-state index contributed by atoms with van der Waals surface area (Å²) in [5, 5.41) is 3.32. The van der Waals surface area contributed by atoms with E-state index in [1.54, 1.807) is 0 Å².